The highest BCUT2D eigenvalue weighted by molar-refractivity contribution is 5.97. The predicted molar refractivity (Wildman–Crippen MR) is 136 cm³/mol. The molecule has 34 heavy (non-hydrogen) atoms. The van der Waals surface area contributed by atoms with Crippen molar-refractivity contribution in [3.63, 3.8) is 0 Å². The number of benzene rings is 1. The Bertz CT molecular complexity index is 730. The van der Waals surface area contributed by atoms with E-state index in [0.717, 1.165) is 38.5 Å². The van der Waals surface area contributed by atoms with Gasteiger partial charge in [0.05, 0.1) is 24.3 Å². The van der Waals surface area contributed by atoms with E-state index in [2.05, 4.69) is 27.7 Å². The van der Waals surface area contributed by atoms with Gasteiger partial charge in [-0.1, -0.05) is 72.3 Å². The van der Waals surface area contributed by atoms with E-state index in [1.807, 2.05) is 0 Å². The third kappa shape index (κ3) is 10.6. The van der Waals surface area contributed by atoms with Crippen LogP contribution in [0.1, 0.15) is 111 Å². The average molecular weight is 479 g/mol. The molecule has 2 N–H and O–H groups in total. The average Bonchev–Trinajstić information content (AvgIpc) is 2.82. The number of rotatable bonds is 20. The Morgan fingerprint density at radius 1 is 0.794 bits per heavy atom. The van der Waals surface area contributed by atoms with E-state index >= 15 is 0 Å². The quantitative estimate of drug-likeness (QED) is 0.204. The minimum absolute atomic E-state index is 0.0364. The molecule has 0 heterocycles. The van der Waals surface area contributed by atoms with Crippen LogP contribution in [0.3, 0.4) is 0 Å². The first-order valence-corrected chi connectivity index (χ1v) is 13.2. The summed E-state index contributed by atoms with van der Waals surface area (Å²) in [6, 6.07) is 3.14. The first-order chi connectivity index (χ1) is 16.4. The highest BCUT2D eigenvalue weighted by Crippen LogP contribution is 2.23. The minimum Gasteiger partial charge on any atom is -0.478 e. The summed E-state index contributed by atoms with van der Waals surface area (Å²) in [5.74, 6) is -1.22. The largest absolute Gasteiger partial charge is 0.478 e. The summed E-state index contributed by atoms with van der Waals surface area (Å²) in [5.41, 5.74) is 1.08. The second-order valence-corrected chi connectivity index (χ2v) is 9.22. The van der Waals surface area contributed by atoms with E-state index in [9.17, 15) is 19.8 Å². The second-order valence-electron chi connectivity index (χ2n) is 9.22. The van der Waals surface area contributed by atoms with Crippen molar-refractivity contribution in [2.24, 2.45) is 11.8 Å². The van der Waals surface area contributed by atoms with Gasteiger partial charge < -0.3 is 19.7 Å². The summed E-state index contributed by atoms with van der Waals surface area (Å²) in [6.45, 7) is 10.7. The molecule has 0 fully saturated rings. The van der Waals surface area contributed by atoms with E-state index < -0.39 is 11.9 Å². The molecule has 194 valence electrons. The van der Waals surface area contributed by atoms with Gasteiger partial charge in [0.2, 0.25) is 0 Å². The molecule has 1 aromatic carbocycles. The maximum Gasteiger partial charge on any atom is 0.336 e. The fourth-order valence-corrected chi connectivity index (χ4v) is 4.28. The zero-order valence-corrected chi connectivity index (χ0v) is 21.7. The predicted octanol–water partition coefficient (Wildman–Crippen LogP) is 6.63. The zero-order valence-electron chi connectivity index (χ0n) is 21.7. The lowest BCUT2D eigenvalue weighted by molar-refractivity contribution is 0.0688. The lowest BCUT2D eigenvalue weighted by atomic mass is 9.92. The number of carbonyl (C=O) groups is 2. The summed E-state index contributed by atoms with van der Waals surface area (Å²) in [5, 5.41) is 19.6. The third-order valence-electron chi connectivity index (χ3n) is 6.65. The Morgan fingerprint density at radius 3 is 1.76 bits per heavy atom. The van der Waals surface area contributed by atoms with E-state index in [1.54, 1.807) is 6.07 Å². The van der Waals surface area contributed by atoms with Crippen molar-refractivity contribution in [2.75, 3.05) is 26.4 Å². The molecule has 0 saturated carbocycles. The lowest BCUT2D eigenvalue weighted by Crippen LogP contribution is -2.17. The van der Waals surface area contributed by atoms with Gasteiger partial charge in [0.25, 0.3) is 0 Å². The highest BCUT2D eigenvalue weighted by atomic mass is 16.5. The fraction of sp³-hybridized carbons (Fsp3) is 0.714. The molecule has 0 spiro atoms. The van der Waals surface area contributed by atoms with Crippen LogP contribution in [0.4, 0.5) is 0 Å². The Balaban J connectivity index is 2.85. The van der Waals surface area contributed by atoms with E-state index in [-0.39, 0.29) is 17.5 Å². The van der Waals surface area contributed by atoms with E-state index in [1.165, 1.54) is 18.9 Å². The molecule has 0 aromatic heterocycles. The molecule has 0 aliphatic heterocycles. The summed E-state index contributed by atoms with van der Waals surface area (Å²) in [4.78, 5) is 24.0. The van der Waals surface area contributed by atoms with Crippen LogP contribution >= 0.6 is 0 Å². The van der Waals surface area contributed by atoms with Crippen molar-refractivity contribution >= 4 is 11.9 Å². The zero-order chi connectivity index (χ0) is 25.3. The summed E-state index contributed by atoms with van der Waals surface area (Å²) < 4.78 is 11.7. The van der Waals surface area contributed by atoms with Crippen LogP contribution in [0.2, 0.25) is 0 Å². The van der Waals surface area contributed by atoms with Gasteiger partial charge in [0.15, 0.2) is 0 Å². The van der Waals surface area contributed by atoms with Gasteiger partial charge in [-0.2, -0.15) is 0 Å². The number of carboxylic acids is 2. The topological polar surface area (TPSA) is 93.1 Å². The van der Waals surface area contributed by atoms with Crippen LogP contribution in [-0.2, 0) is 22.3 Å². The highest BCUT2D eigenvalue weighted by Gasteiger charge is 2.22. The SMILES string of the molecule is CCCCC(CC)COCCc1ccc(C(=O)O)c(CCOCC(CC)CCCC)c1C(=O)O. The second kappa shape index (κ2) is 17.5. The van der Waals surface area contributed by atoms with Crippen molar-refractivity contribution in [2.45, 2.75) is 91.9 Å². The summed E-state index contributed by atoms with van der Waals surface area (Å²) in [6.07, 6.45) is 9.71. The first kappa shape index (κ1) is 30.1. The molecule has 0 radical (unpaired) electrons. The number of ether oxygens (including phenoxy) is 2. The Labute approximate surface area is 206 Å². The Hall–Kier alpha value is -1.92. The van der Waals surface area contributed by atoms with Crippen LogP contribution in [0.25, 0.3) is 0 Å². The molecule has 6 nitrogen and oxygen atoms in total. The number of unbranched alkanes of at least 4 members (excludes halogenated alkanes) is 2. The number of hydrogen-bond donors (Lipinski definition) is 2. The van der Waals surface area contributed by atoms with Crippen LogP contribution in [0.15, 0.2) is 12.1 Å². The molecule has 0 aliphatic rings. The molecule has 2 atom stereocenters. The maximum atomic E-state index is 12.2. The van der Waals surface area contributed by atoms with Gasteiger partial charge >= 0.3 is 11.9 Å². The molecular formula is C28H46O6. The van der Waals surface area contributed by atoms with Gasteiger partial charge in [-0.05, 0) is 54.7 Å². The molecule has 2 unspecified atom stereocenters. The maximum absolute atomic E-state index is 12.2. The number of hydrogen-bond acceptors (Lipinski definition) is 4. The molecular weight excluding hydrogens is 432 g/mol. The standard InChI is InChI=1S/C28H46O6/c1-5-9-11-21(7-3)19-33-17-15-23-13-14-25(27(29)30)24(26(23)28(31)32)16-18-34-20-22(8-4)12-10-6-2/h13-14,21-22H,5-12,15-20H2,1-4H3,(H,29,30)(H,31,32). The molecule has 0 aliphatic carbocycles. The molecule has 6 heteroatoms. The van der Waals surface area contributed by atoms with Gasteiger partial charge in [0, 0.05) is 13.2 Å². The van der Waals surface area contributed by atoms with Gasteiger partial charge in [-0.3, -0.25) is 0 Å². The van der Waals surface area contributed by atoms with E-state index in [0.29, 0.717) is 55.8 Å². The summed E-state index contributed by atoms with van der Waals surface area (Å²) >= 11 is 0. The number of aromatic carboxylic acids is 2. The number of carboxylic acid groups (broad SMARTS) is 2. The Morgan fingerprint density at radius 2 is 1.32 bits per heavy atom. The Kier molecular flexibility index (Phi) is 15.5. The van der Waals surface area contributed by atoms with Crippen LogP contribution in [0, 0.1) is 11.8 Å². The van der Waals surface area contributed by atoms with Crippen molar-refractivity contribution in [3.8, 4) is 0 Å². The smallest absolute Gasteiger partial charge is 0.336 e. The van der Waals surface area contributed by atoms with Gasteiger partial charge in [-0.15, -0.1) is 0 Å². The molecule has 0 bridgehead atoms. The molecule has 1 rings (SSSR count). The van der Waals surface area contributed by atoms with Crippen LogP contribution in [0.5, 0.6) is 0 Å². The van der Waals surface area contributed by atoms with Crippen LogP contribution in [-0.4, -0.2) is 48.6 Å². The summed E-state index contributed by atoms with van der Waals surface area (Å²) in [7, 11) is 0. The van der Waals surface area contributed by atoms with Crippen molar-refractivity contribution < 1.29 is 29.3 Å². The van der Waals surface area contributed by atoms with Gasteiger partial charge in [-0.25, -0.2) is 9.59 Å². The first-order valence-electron chi connectivity index (χ1n) is 13.2. The monoisotopic (exact) mass is 478 g/mol. The van der Waals surface area contributed by atoms with Crippen LogP contribution < -0.4 is 0 Å². The molecule has 0 amide bonds. The van der Waals surface area contributed by atoms with Crippen molar-refractivity contribution in [3.05, 3.63) is 34.4 Å². The fourth-order valence-electron chi connectivity index (χ4n) is 4.28. The lowest BCUT2D eigenvalue weighted by Gasteiger charge is -2.18. The van der Waals surface area contributed by atoms with Crippen molar-refractivity contribution in [1.82, 2.24) is 0 Å². The van der Waals surface area contributed by atoms with E-state index in [4.69, 9.17) is 9.47 Å². The molecule has 0 saturated heterocycles. The minimum atomic E-state index is -1.11. The molecule has 1 aromatic rings. The van der Waals surface area contributed by atoms with Crippen molar-refractivity contribution in [1.29, 1.82) is 0 Å². The third-order valence-corrected chi connectivity index (χ3v) is 6.65. The van der Waals surface area contributed by atoms with Gasteiger partial charge in [0.1, 0.15) is 0 Å². The normalized spacial score (nSPS) is 13.1.